The van der Waals surface area contributed by atoms with Crippen LogP contribution in [0.5, 0.6) is 0 Å². The zero-order valence-electron chi connectivity index (χ0n) is 7.70. The lowest BCUT2D eigenvalue weighted by atomic mass is 9.98. The number of allylic oxidation sites excluding steroid dienone is 2. The van der Waals surface area contributed by atoms with Crippen LogP contribution in [0.1, 0.15) is 11.1 Å². The number of hydrogen-bond donors (Lipinski definition) is 0. The van der Waals surface area contributed by atoms with E-state index < -0.39 is 0 Å². The standard InChI is InChI=1S/C14H9/c1-2-6-12-10-14-8-4-3-7-13(14)9-11(12)5-1/h1-3,5-10H/q+1. The van der Waals surface area contributed by atoms with E-state index in [9.17, 15) is 0 Å². The molecule has 0 saturated heterocycles. The fourth-order valence-electron chi connectivity index (χ4n) is 1.82. The lowest BCUT2D eigenvalue weighted by molar-refractivity contribution is 1.63. The molecule has 0 N–H and O–H groups in total. The van der Waals surface area contributed by atoms with E-state index in [2.05, 4.69) is 48.6 Å². The van der Waals surface area contributed by atoms with Crippen LogP contribution >= 0.6 is 0 Å². The van der Waals surface area contributed by atoms with Crippen LogP contribution in [0.15, 0.2) is 42.5 Å². The van der Waals surface area contributed by atoms with E-state index in [1.165, 1.54) is 21.9 Å². The third kappa shape index (κ3) is 1.06. The van der Waals surface area contributed by atoms with Crippen LogP contribution in [0.4, 0.5) is 0 Å². The molecule has 2 aromatic rings. The molecule has 14 heavy (non-hydrogen) atoms. The highest BCUT2D eigenvalue weighted by Gasteiger charge is 2.09. The highest BCUT2D eigenvalue weighted by atomic mass is 14.1. The fraction of sp³-hybridized carbons (Fsp3) is 0. The molecule has 0 unspecified atom stereocenters. The van der Waals surface area contributed by atoms with Crippen LogP contribution in [0, 0.1) is 6.08 Å². The van der Waals surface area contributed by atoms with Gasteiger partial charge in [-0.05, 0) is 16.8 Å². The molecule has 0 atom stereocenters. The van der Waals surface area contributed by atoms with Crippen molar-refractivity contribution in [2.24, 2.45) is 0 Å². The largest absolute Gasteiger partial charge is 0.111 e. The quantitative estimate of drug-likeness (QED) is 0.538. The van der Waals surface area contributed by atoms with Crippen molar-refractivity contribution in [2.45, 2.75) is 0 Å². The van der Waals surface area contributed by atoms with E-state index in [1.54, 1.807) is 0 Å². The molecule has 0 heteroatoms. The molecule has 0 amide bonds. The van der Waals surface area contributed by atoms with Crippen LogP contribution in [-0.4, -0.2) is 0 Å². The van der Waals surface area contributed by atoms with Gasteiger partial charge in [0.05, 0.1) is 17.2 Å². The first-order valence-electron chi connectivity index (χ1n) is 4.72. The second-order valence-electron chi connectivity index (χ2n) is 3.47. The highest BCUT2D eigenvalue weighted by Crippen LogP contribution is 2.24. The van der Waals surface area contributed by atoms with Gasteiger partial charge in [0.15, 0.2) is 0 Å². The second-order valence-corrected chi connectivity index (χ2v) is 3.47. The van der Waals surface area contributed by atoms with Gasteiger partial charge in [0.1, 0.15) is 12.2 Å². The summed E-state index contributed by atoms with van der Waals surface area (Å²) in [5.74, 6) is 0. The van der Waals surface area contributed by atoms with Gasteiger partial charge in [-0.2, -0.15) is 0 Å². The second kappa shape index (κ2) is 2.80. The van der Waals surface area contributed by atoms with E-state index in [4.69, 9.17) is 0 Å². The molecule has 64 valence electrons. The summed E-state index contributed by atoms with van der Waals surface area (Å²) in [7, 11) is 0. The van der Waals surface area contributed by atoms with Gasteiger partial charge in [0.2, 0.25) is 0 Å². The van der Waals surface area contributed by atoms with Crippen LogP contribution in [0.25, 0.3) is 22.9 Å². The van der Waals surface area contributed by atoms with E-state index in [1.807, 2.05) is 12.2 Å². The van der Waals surface area contributed by atoms with Crippen molar-refractivity contribution in [3.8, 4) is 0 Å². The van der Waals surface area contributed by atoms with Gasteiger partial charge < -0.3 is 0 Å². The van der Waals surface area contributed by atoms with Crippen molar-refractivity contribution in [1.29, 1.82) is 0 Å². The van der Waals surface area contributed by atoms with Gasteiger partial charge in [-0.1, -0.05) is 24.3 Å². The van der Waals surface area contributed by atoms with Crippen molar-refractivity contribution < 1.29 is 0 Å². The maximum atomic E-state index is 3.10. The maximum absolute atomic E-state index is 3.10. The van der Waals surface area contributed by atoms with Crippen LogP contribution in [-0.2, 0) is 0 Å². The first-order chi connectivity index (χ1) is 6.93. The molecule has 0 aliphatic heterocycles. The summed E-state index contributed by atoms with van der Waals surface area (Å²) in [5.41, 5.74) is 2.54. The molecular weight excluding hydrogens is 168 g/mol. The molecule has 0 spiro atoms. The third-order valence-corrected chi connectivity index (χ3v) is 2.55. The average Bonchev–Trinajstić information content (AvgIpc) is 2.26. The predicted octanol–water partition coefficient (Wildman–Crippen LogP) is 3.68. The molecule has 0 bridgehead atoms. The Labute approximate surface area is 83.2 Å². The molecule has 0 heterocycles. The zero-order valence-corrected chi connectivity index (χ0v) is 7.70. The Bertz CT molecular complexity index is 494. The maximum Gasteiger partial charge on any atom is 0.111 e. The first-order valence-corrected chi connectivity index (χ1v) is 4.72. The monoisotopic (exact) mass is 177 g/mol. The van der Waals surface area contributed by atoms with Crippen molar-refractivity contribution in [3.63, 3.8) is 0 Å². The van der Waals surface area contributed by atoms with Crippen molar-refractivity contribution in [2.75, 3.05) is 0 Å². The smallest absolute Gasteiger partial charge is 0.0616 e. The molecule has 0 nitrogen and oxygen atoms in total. The summed E-state index contributed by atoms with van der Waals surface area (Å²) in [6.07, 6.45) is 9.18. The average molecular weight is 177 g/mol. The van der Waals surface area contributed by atoms with Crippen molar-refractivity contribution in [1.82, 2.24) is 0 Å². The van der Waals surface area contributed by atoms with Gasteiger partial charge in [-0.3, -0.25) is 0 Å². The minimum atomic E-state index is 1.26. The van der Waals surface area contributed by atoms with Crippen molar-refractivity contribution >= 4 is 22.9 Å². The molecule has 0 fully saturated rings. The minimum Gasteiger partial charge on any atom is -0.0616 e. The summed E-state index contributed by atoms with van der Waals surface area (Å²) in [6.45, 7) is 0. The highest BCUT2D eigenvalue weighted by molar-refractivity contribution is 5.89. The Morgan fingerprint density at radius 1 is 0.857 bits per heavy atom. The molecule has 3 rings (SSSR count). The molecule has 0 radical (unpaired) electrons. The minimum absolute atomic E-state index is 1.26. The first kappa shape index (κ1) is 7.49. The normalized spacial score (nSPS) is 12.6. The van der Waals surface area contributed by atoms with Gasteiger partial charge in [-0.15, -0.1) is 0 Å². The molecule has 1 aliphatic rings. The zero-order chi connectivity index (χ0) is 9.38. The third-order valence-electron chi connectivity index (χ3n) is 2.55. The van der Waals surface area contributed by atoms with Crippen LogP contribution in [0.3, 0.4) is 0 Å². The Morgan fingerprint density at radius 3 is 2.36 bits per heavy atom. The summed E-state index contributed by atoms with van der Waals surface area (Å²) in [5, 5.41) is 2.59. The lowest BCUT2D eigenvalue weighted by Crippen LogP contribution is -1.85. The molecule has 2 aromatic carbocycles. The Morgan fingerprint density at radius 2 is 1.57 bits per heavy atom. The van der Waals surface area contributed by atoms with Gasteiger partial charge >= 0.3 is 0 Å². The summed E-state index contributed by atoms with van der Waals surface area (Å²) in [6, 6.07) is 12.9. The Balaban J connectivity index is 2.40. The van der Waals surface area contributed by atoms with E-state index in [0.717, 1.165) is 0 Å². The van der Waals surface area contributed by atoms with Gasteiger partial charge in [0.25, 0.3) is 0 Å². The van der Waals surface area contributed by atoms with E-state index in [-0.39, 0.29) is 0 Å². The molecule has 0 saturated carbocycles. The molecule has 1 aliphatic carbocycles. The van der Waals surface area contributed by atoms with E-state index >= 15 is 0 Å². The lowest BCUT2D eigenvalue weighted by Gasteiger charge is -2.00. The Kier molecular flexibility index (Phi) is 1.50. The Hall–Kier alpha value is -1.91. The SMILES string of the molecule is [C+]1=Cc2cc3ccccc3cc2C=C1. The number of benzene rings is 2. The summed E-state index contributed by atoms with van der Waals surface area (Å²) >= 11 is 0. The van der Waals surface area contributed by atoms with Crippen LogP contribution < -0.4 is 0 Å². The van der Waals surface area contributed by atoms with Gasteiger partial charge in [-0.25, -0.2) is 0 Å². The molecule has 0 aromatic heterocycles. The fourth-order valence-corrected chi connectivity index (χ4v) is 1.82. The summed E-state index contributed by atoms with van der Waals surface area (Å²) < 4.78 is 0. The predicted molar refractivity (Wildman–Crippen MR) is 60.7 cm³/mol. The van der Waals surface area contributed by atoms with Gasteiger partial charge in [0, 0.05) is 12.1 Å². The summed E-state index contributed by atoms with van der Waals surface area (Å²) in [4.78, 5) is 0. The van der Waals surface area contributed by atoms with Crippen molar-refractivity contribution in [3.05, 3.63) is 59.7 Å². The number of fused-ring (bicyclic) bond motifs is 2. The van der Waals surface area contributed by atoms with Crippen LogP contribution in [0.2, 0.25) is 0 Å². The molecular formula is C14H9+. The topological polar surface area (TPSA) is 0 Å². The number of rotatable bonds is 0. The van der Waals surface area contributed by atoms with E-state index in [0.29, 0.717) is 0 Å². The number of hydrogen-bond acceptors (Lipinski definition) is 0.